The molecule has 1 aliphatic heterocycles. The summed E-state index contributed by atoms with van der Waals surface area (Å²) in [5.74, 6) is -0.0294. The molecule has 1 saturated carbocycles. The van der Waals surface area contributed by atoms with E-state index in [1.807, 2.05) is 13.2 Å². The van der Waals surface area contributed by atoms with Crippen molar-refractivity contribution in [2.24, 2.45) is 7.05 Å². The van der Waals surface area contributed by atoms with Crippen molar-refractivity contribution in [3.8, 4) is 22.3 Å². The second kappa shape index (κ2) is 15.0. The van der Waals surface area contributed by atoms with Crippen molar-refractivity contribution in [1.29, 1.82) is 0 Å². The van der Waals surface area contributed by atoms with Gasteiger partial charge < -0.3 is 20.9 Å². The highest BCUT2D eigenvalue weighted by Crippen LogP contribution is 2.29. The number of rotatable bonds is 11. The molecule has 4 aromatic rings. The van der Waals surface area contributed by atoms with E-state index in [9.17, 15) is 9.90 Å². The summed E-state index contributed by atoms with van der Waals surface area (Å²) in [7, 11) is 1.85. The van der Waals surface area contributed by atoms with Crippen LogP contribution in [0.3, 0.4) is 0 Å². The lowest BCUT2D eigenvalue weighted by Crippen LogP contribution is -2.57. The van der Waals surface area contributed by atoms with Gasteiger partial charge in [0.25, 0.3) is 5.91 Å². The largest absolute Gasteiger partial charge is 0.395 e. The van der Waals surface area contributed by atoms with Crippen LogP contribution in [-0.2, 0) is 18.4 Å². The third-order valence-electron chi connectivity index (χ3n) is 10.2. The molecule has 10 heteroatoms. The number of nitrogens with one attached hydrogen (secondary N) is 1. The van der Waals surface area contributed by atoms with Crippen LogP contribution >= 0.6 is 0 Å². The molecule has 1 saturated heterocycles. The zero-order chi connectivity index (χ0) is 33.8. The van der Waals surface area contributed by atoms with E-state index in [1.165, 1.54) is 16.7 Å². The Bertz CT molecular complexity index is 1660. The number of anilines is 1. The zero-order valence-corrected chi connectivity index (χ0v) is 28.5. The van der Waals surface area contributed by atoms with Crippen molar-refractivity contribution >= 4 is 11.7 Å². The number of aryl methyl sites for hydroxylation is 1. The minimum Gasteiger partial charge on any atom is -0.395 e. The Labute approximate surface area is 283 Å². The van der Waals surface area contributed by atoms with E-state index >= 15 is 0 Å². The van der Waals surface area contributed by atoms with Gasteiger partial charge in [-0.2, -0.15) is 5.10 Å². The molecule has 5 atom stereocenters. The molecule has 10 nitrogen and oxygen atoms in total. The molecule has 0 bridgehead atoms. The molecule has 2 fully saturated rings. The number of β-amino-alcohol motifs (C(OH)–C–C–N with tert-alkyl or cyclic N) is 1. The quantitative estimate of drug-likeness (QED) is 0.206. The number of aliphatic hydroxyl groups excluding tert-OH is 1. The van der Waals surface area contributed by atoms with E-state index in [4.69, 9.17) is 10.5 Å². The molecule has 0 radical (unpaired) electrons. The first-order chi connectivity index (χ1) is 23.2. The summed E-state index contributed by atoms with van der Waals surface area (Å²) in [6.07, 6.45) is 7.96. The number of hydrogen-bond donors (Lipinski definition) is 3. The minimum atomic E-state index is -0.235. The molecule has 1 aliphatic carbocycles. The van der Waals surface area contributed by atoms with E-state index in [-0.39, 0.29) is 30.5 Å². The SMILES string of the molecule is CC(c1ccc(-c2ccc(CO[C@H]3CCC[C@@H]3NC(=O)c3cc(-c4cnn(C)c4)cnc3N)cc2)cc1)N1C[C@@H](C)N(CCO)[C@@H](C)C1. The maximum absolute atomic E-state index is 13.3. The summed E-state index contributed by atoms with van der Waals surface area (Å²) < 4.78 is 8.06. The van der Waals surface area contributed by atoms with E-state index in [0.717, 1.165) is 55.6 Å². The fourth-order valence-corrected chi connectivity index (χ4v) is 7.35. The van der Waals surface area contributed by atoms with Gasteiger partial charge >= 0.3 is 0 Å². The van der Waals surface area contributed by atoms with Crippen LogP contribution in [0.15, 0.2) is 73.2 Å². The lowest BCUT2D eigenvalue weighted by atomic mass is 9.98. The first-order valence-corrected chi connectivity index (χ1v) is 17.2. The van der Waals surface area contributed by atoms with Crippen molar-refractivity contribution in [2.45, 2.75) is 76.9 Å². The summed E-state index contributed by atoms with van der Waals surface area (Å²) >= 11 is 0. The molecule has 2 aliphatic rings. The number of ether oxygens (including phenoxy) is 1. The van der Waals surface area contributed by atoms with Crippen molar-refractivity contribution in [3.05, 3.63) is 89.9 Å². The molecule has 3 heterocycles. The minimum absolute atomic E-state index is 0.0671. The Balaban J connectivity index is 1.02. The highest BCUT2D eigenvalue weighted by Gasteiger charge is 2.32. The number of carbonyl (C=O) groups is 1. The Morgan fingerprint density at radius 1 is 1.00 bits per heavy atom. The smallest absolute Gasteiger partial charge is 0.255 e. The molecule has 4 N–H and O–H groups in total. The Morgan fingerprint density at radius 2 is 1.69 bits per heavy atom. The number of pyridine rings is 1. The molecule has 0 spiro atoms. The normalized spacial score (nSPS) is 22.5. The second-order valence-electron chi connectivity index (χ2n) is 13.5. The standard InChI is InChI=1S/C38H49N7O3/c1-25-21-44(22-26(2)45(25)16-17-46)27(3)29-12-14-31(15-13-29)30-10-8-28(9-11-30)24-48-36-7-5-6-35(36)42-38(47)34-18-32(19-40-37(34)39)33-20-41-43(4)23-33/h8-15,18-20,23,25-27,35-36,46H,5-7,16-17,21-22,24H2,1-4H3,(H2,39,40)(H,42,47)/t25-,26+,27?,35-,36-/m0/s1. The van der Waals surface area contributed by atoms with Gasteiger partial charge in [0.15, 0.2) is 0 Å². The highest BCUT2D eigenvalue weighted by atomic mass is 16.5. The van der Waals surface area contributed by atoms with E-state index in [1.54, 1.807) is 23.1 Å². The molecule has 2 aromatic carbocycles. The Kier molecular flexibility index (Phi) is 10.6. The Hall–Kier alpha value is -4.09. The van der Waals surface area contributed by atoms with Crippen LogP contribution < -0.4 is 11.1 Å². The summed E-state index contributed by atoms with van der Waals surface area (Å²) in [5.41, 5.74) is 12.9. The van der Waals surface area contributed by atoms with Gasteiger partial charge in [-0.1, -0.05) is 48.5 Å². The summed E-state index contributed by atoms with van der Waals surface area (Å²) in [4.78, 5) is 22.5. The lowest BCUT2D eigenvalue weighted by Gasteiger charge is -2.46. The van der Waals surface area contributed by atoms with Crippen LogP contribution in [0.25, 0.3) is 22.3 Å². The number of amides is 1. The number of aliphatic hydroxyl groups is 1. The van der Waals surface area contributed by atoms with Gasteiger partial charge in [0.05, 0.1) is 37.1 Å². The van der Waals surface area contributed by atoms with Gasteiger partial charge in [-0.15, -0.1) is 0 Å². The van der Waals surface area contributed by atoms with Crippen LogP contribution in [0.4, 0.5) is 5.82 Å². The van der Waals surface area contributed by atoms with Gasteiger partial charge in [-0.05, 0) is 68.4 Å². The first-order valence-electron chi connectivity index (χ1n) is 17.2. The molecule has 48 heavy (non-hydrogen) atoms. The van der Waals surface area contributed by atoms with Crippen LogP contribution in [0.1, 0.15) is 67.6 Å². The summed E-state index contributed by atoms with van der Waals surface area (Å²) in [5, 5.41) is 16.8. The van der Waals surface area contributed by atoms with E-state index in [2.05, 4.69) is 94.5 Å². The van der Waals surface area contributed by atoms with Gasteiger partial charge in [-0.3, -0.25) is 19.3 Å². The van der Waals surface area contributed by atoms with E-state index < -0.39 is 0 Å². The summed E-state index contributed by atoms with van der Waals surface area (Å²) in [6, 6.07) is 20.3. The van der Waals surface area contributed by atoms with Gasteiger partial charge in [0.1, 0.15) is 5.82 Å². The number of nitrogen functional groups attached to an aromatic ring is 1. The number of benzene rings is 2. The van der Waals surface area contributed by atoms with Crippen molar-refractivity contribution in [3.63, 3.8) is 0 Å². The average molecular weight is 652 g/mol. The topological polar surface area (TPSA) is 122 Å². The molecule has 254 valence electrons. The zero-order valence-electron chi connectivity index (χ0n) is 28.5. The first kappa shape index (κ1) is 33.8. The van der Waals surface area contributed by atoms with Gasteiger partial charge in [0.2, 0.25) is 0 Å². The maximum Gasteiger partial charge on any atom is 0.255 e. The number of aromatic nitrogens is 3. The fraction of sp³-hybridized carbons (Fsp3) is 0.447. The summed E-state index contributed by atoms with van der Waals surface area (Å²) in [6.45, 7) is 10.2. The average Bonchev–Trinajstić information content (AvgIpc) is 3.73. The fourth-order valence-electron chi connectivity index (χ4n) is 7.35. The predicted octanol–water partition coefficient (Wildman–Crippen LogP) is 5.05. The Morgan fingerprint density at radius 3 is 2.33 bits per heavy atom. The number of piperazine rings is 1. The lowest BCUT2D eigenvalue weighted by molar-refractivity contribution is 0.0104. The third-order valence-corrected chi connectivity index (χ3v) is 10.2. The third kappa shape index (κ3) is 7.63. The molecule has 1 amide bonds. The molecular formula is C38H49N7O3. The van der Waals surface area contributed by atoms with Crippen molar-refractivity contribution in [1.82, 2.24) is 29.9 Å². The predicted molar refractivity (Wildman–Crippen MR) is 189 cm³/mol. The number of hydrogen-bond acceptors (Lipinski definition) is 8. The molecule has 6 rings (SSSR count). The van der Waals surface area contributed by atoms with Gasteiger partial charge in [0, 0.05) is 68.3 Å². The highest BCUT2D eigenvalue weighted by molar-refractivity contribution is 5.99. The van der Waals surface area contributed by atoms with Crippen LogP contribution in [0.2, 0.25) is 0 Å². The second-order valence-corrected chi connectivity index (χ2v) is 13.5. The number of nitrogens with zero attached hydrogens (tertiary/aromatic N) is 5. The van der Waals surface area contributed by atoms with Crippen LogP contribution in [-0.4, -0.2) is 86.0 Å². The monoisotopic (exact) mass is 651 g/mol. The maximum atomic E-state index is 13.3. The molecule has 1 unspecified atom stereocenters. The van der Waals surface area contributed by atoms with Crippen molar-refractivity contribution < 1.29 is 14.6 Å². The van der Waals surface area contributed by atoms with E-state index in [0.29, 0.717) is 30.3 Å². The number of nitrogens with two attached hydrogens (primary N) is 1. The molecule has 2 aromatic heterocycles. The molecular weight excluding hydrogens is 602 g/mol. The number of carbonyl (C=O) groups excluding carboxylic acids is 1. The van der Waals surface area contributed by atoms with Crippen LogP contribution in [0.5, 0.6) is 0 Å². The van der Waals surface area contributed by atoms with Gasteiger partial charge in [-0.25, -0.2) is 4.98 Å². The van der Waals surface area contributed by atoms with Crippen molar-refractivity contribution in [2.75, 3.05) is 32.0 Å². The van der Waals surface area contributed by atoms with Crippen LogP contribution in [0, 0.1) is 0 Å².